The first kappa shape index (κ1) is 23.4. The fourth-order valence-electron chi connectivity index (χ4n) is 3.04. The zero-order chi connectivity index (χ0) is 23.1. The molecular formula is C24H27N3O4S. The summed E-state index contributed by atoms with van der Waals surface area (Å²) in [6.45, 7) is 6.56. The minimum absolute atomic E-state index is 0.0841. The Morgan fingerprint density at radius 1 is 1.12 bits per heavy atom. The van der Waals surface area contributed by atoms with Gasteiger partial charge in [0.1, 0.15) is 5.75 Å². The van der Waals surface area contributed by atoms with E-state index in [4.69, 9.17) is 14.5 Å². The summed E-state index contributed by atoms with van der Waals surface area (Å²) in [4.78, 5) is 29.0. The van der Waals surface area contributed by atoms with Crippen molar-refractivity contribution in [3.63, 3.8) is 0 Å². The first-order valence-electron chi connectivity index (χ1n) is 10.3. The van der Waals surface area contributed by atoms with Gasteiger partial charge in [0.15, 0.2) is 0 Å². The molecule has 0 aromatic heterocycles. The molecule has 0 saturated heterocycles. The predicted molar refractivity (Wildman–Crippen MR) is 130 cm³/mol. The number of hydrogen-bond donors (Lipinski definition) is 2. The number of hydrogen-bond acceptors (Lipinski definition) is 7. The number of amides is 1. The molecule has 1 heterocycles. The van der Waals surface area contributed by atoms with E-state index in [2.05, 4.69) is 10.6 Å². The Balaban J connectivity index is 1.73. The van der Waals surface area contributed by atoms with Crippen molar-refractivity contribution in [2.24, 2.45) is 4.99 Å². The number of rotatable bonds is 7. The average molecular weight is 454 g/mol. The Hall–Kier alpha value is -3.26. The van der Waals surface area contributed by atoms with Gasteiger partial charge in [-0.15, -0.1) is 0 Å². The van der Waals surface area contributed by atoms with Crippen molar-refractivity contribution >= 4 is 45.7 Å². The van der Waals surface area contributed by atoms with Gasteiger partial charge in [-0.25, -0.2) is 4.99 Å². The fraction of sp³-hybridized carbons (Fsp3) is 0.292. The van der Waals surface area contributed by atoms with Crippen molar-refractivity contribution in [1.82, 2.24) is 0 Å². The van der Waals surface area contributed by atoms with E-state index in [1.807, 2.05) is 45.0 Å². The Bertz CT molecular complexity index is 1060. The van der Waals surface area contributed by atoms with Crippen LogP contribution in [0.4, 0.5) is 17.1 Å². The van der Waals surface area contributed by atoms with Gasteiger partial charge in [-0.3, -0.25) is 9.59 Å². The van der Waals surface area contributed by atoms with E-state index in [0.29, 0.717) is 23.0 Å². The SMILES string of the molecule is CCOc1ccc(NC(=O)CSC2=Nc3cc(C)c(C)cc3NC(CC(=O)OC)=C2)cc1. The minimum Gasteiger partial charge on any atom is -0.494 e. The number of methoxy groups -OCH3 is 1. The number of aliphatic imine (C=N–C) groups is 1. The number of anilines is 2. The number of nitrogens with zero attached hydrogens (tertiary/aromatic N) is 1. The van der Waals surface area contributed by atoms with E-state index in [1.54, 1.807) is 18.2 Å². The molecule has 168 valence electrons. The maximum atomic E-state index is 12.5. The molecule has 0 unspecified atom stereocenters. The minimum atomic E-state index is -0.353. The summed E-state index contributed by atoms with van der Waals surface area (Å²) >= 11 is 1.31. The molecule has 32 heavy (non-hydrogen) atoms. The highest BCUT2D eigenvalue weighted by Gasteiger charge is 2.16. The zero-order valence-electron chi connectivity index (χ0n) is 18.7. The van der Waals surface area contributed by atoms with Crippen LogP contribution in [0.25, 0.3) is 0 Å². The number of carbonyl (C=O) groups is 2. The lowest BCUT2D eigenvalue weighted by atomic mass is 10.1. The summed E-state index contributed by atoms with van der Waals surface area (Å²) in [6, 6.07) is 11.2. The molecule has 0 fully saturated rings. The molecule has 1 aliphatic rings. The van der Waals surface area contributed by atoms with Gasteiger partial charge in [0, 0.05) is 11.4 Å². The van der Waals surface area contributed by atoms with Gasteiger partial charge in [-0.05, 0) is 74.4 Å². The topological polar surface area (TPSA) is 89.0 Å². The van der Waals surface area contributed by atoms with E-state index in [-0.39, 0.29) is 24.1 Å². The second-order valence-corrected chi connectivity index (χ2v) is 8.24. The Labute approximate surface area is 192 Å². The van der Waals surface area contributed by atoms with Crippen LogP contribution in [0.1, 0.15) is 24.5 Å². The van der Waals surface area contributed by atoms with Gasteiger partial charge < -0.3 is 20.1 Å². The fourth-order valence-corrected chi connectivity index (χ4v) is 3.78. The van der Waals surface area contributed by atoms with Crippen LogP contribution in [0.2, 0.25) is 0 Å². The van der Waals surface area contributed by atoms with Crippen LogP contribution >= 0.6 is 11.8 Å². The summed E-state index contributed by atoms with van der Waals surface area (Å²) in [5, 5.41) is 6.80. The van der Waals surface area contributed by atoms with Crippen LogP contribution in [0, 0.1) is 13.8 Å². The van der Waals surface area contributed by atoms with Crippen LogP contribution in [0.15, 0.2) is 53.2 Å². The lowest BCUT2D eigenvalue weighted by Gasteiger charge is -2.12. The summed E-state index contributed by atoms with van der Waals surface area (Å²) in [5.41, 5.74) is 5.17. The number of nitrogens with one attached hydrogen (secondary N) is 2. The number of aryl methyl sites for hydroxylation is 2. The maximum absolute atomic E-state index is 12.5. The van der Waals surface area contributed by atoms with E-state index >= 15 is 0 Å². The summed E-state index contributed by atoms with van der Waals surface area (Å²) in [5.74, 6) is 0.428. The van der Waals surface area contributed by atoms with Gasteiger partial charge in [0.2, 0.25) is 5.91 Å². The molecule has 0 aliphatic carbocycles. The summed E-state index contributed by atoms with van der Waals surface area (Å²) in [7, 11) is 1.36. The summed E-state index contributed by atoms with van der Waals surface area (Å²) < 4.78 is 10.2. The van der Waals surface area contributed by atoms with Gasteiger partial charge in [0.05, 0.1) is 42.3 Å². The maximum Gasteiger partial charge on any atom is 0.311 e. The number of thioether (sulfide) groups is 1. The van der Waals surface area contributed by atoms with E-state index in [0.717, 1.165) is 28.3 Å². The van der Waals surface area contributed by atoms with Gasteiger partial charge in [-0.2, -0.15) is 0 Å². The van der Waals surface area contributed by atoms with Crippen molar-refractivity contribution < 1.29 is 19.1 Å². The molecule has 8 heteroatoms. The van der Waals surface area contributed by atoms with Crippen LogP contribution in [-0.4, -0.2) is 36.4 Å². The van der Waals surface area contributed by atoms with Crippen LogP contribution in [0.3, 0.4) is 0 Å². The van der Waals surface area contributed by atoms with Gasteiger partial charge in [-0.1, -0.05) is 11.8 Å². The first-order chi connectivity index (χ1) is 15.4. The number of ether oxygens (including phenoxy) is 2. The lowest BCUT2D eigenvalue weighted by molar-refractivity contribution is -0.139. The lowest BCUT2D eigenvalue weighted by Crippen LogP contribution is -2.15. The van der Waals surface area contributed by atoms with Gasteiger partial charge >= 0.3 is 5.97 Å². The molecule has 0 atom stereocenters. The third-order valence-corrected chi connectivity index (χ3v) is 5.71. The number of benzene rings is 2. The molecular weight excluding hydrogens is 426 g/mol. The highest BCUT2D eigenvalue weighted by Crippen LogP contribution is 2.34. The predicted octanol–water partition coefficient (Wildman–Crippen LogP) is 4.98. The van der Waals surface area contributed by atoms with Crippen LogP contribution in [0.5, 0.6) is 5.75 Å². The zero-order valence-corrected chi connectivity index (χ0v) is 19.5. The molecule has 3 rings (SSSR count). The molecule has 0 spiro atoms. The molecule has 7 nitrogen and oxygen atoms in total. The van der Waals surface area contributed by atoms with E-state index in [1.165, 1.54) is 18.9 Å². The Morgan fingerprint density at radius 2 is 1.84 bits per heavy atom. The molecule has 2 aromatic carbocycles. The van der Waals surface area contributed by atoms with Crippen molar-refractivity contribution in [3.8, 4) is 5.75 Å². The van der Waals surface area contributed by atoms with Crippen molar-refractivity contribution in [3.05, 3.63) is 59.3 Å². The third kappa shape index (κ3) is 6.37. The highest BCUT2D eigenvalue weighted by molar-refractivity contribution is 8.14. The summed E-state index contributed by atoms with van der Waals surface area (Å²) in [6.07, 6.45) is 1.87. The molecule has 1 aliphatic heterocycles. The average Bonchev–Trinajstić information content (AvgIpc) is 2.92. The monoisotopic (exact) mass is 453 g/mol. The van der Waals surface area contributed by atoms with Gasteiger partial charge in [0.25, 0.3) is 0 Å². The Morgan fingerprint density at radius 3 is 2.53 bits per heavy atom. The molecule has 0 saturated carbocycles. The molecule has 2 aromatic rings. The van der Waals surface area contributed by atoms with Crippen LogP contribution < -0.4 is 15.4 Å². The number of fused-ring (bicyclic) bond motifs is 1. The largest absolute Gasteiger partial charge is 0.494 e. The van der Waals surface area contributed by atoms with Crippen molar-refractivity contribution in [2.45, 2.75) is 27.2 Å². The number of esters is 1. The van der Waals surface area contributed by atoms with Crippen molar-refractivity contribution in [2.75, 3.05) is 30.1 Å². The third-order valence-electron chi connectivity index (χ3n) is 4.80. The standard InChI is InChI=1S/C24H27N3O4S/c1-5-31-19-8-6-17(7-9-19)26-22(28)14-32-23-12-18(13-24(29)30-4)25-20-10-15(2)16(3)11-21(20)27-23/h6-12,25H,5,13-14H2,1-4H3,(H,26,28). The second kappa shape index (κ2) is 10.9. The first-order valence-corrected chi connectivity index (χ1v) is 11.3. The van der Waals surface area contributed by atoms with Crippen molar-refractivity contribution in [1.29, 1.82) is 0 Å². The molecule has 2 N–H and O–H groups in total. The normalized spacial score (nSPS) is 12.5. The molecule has 0 bridgehead atoms. The van der Waals surface area contributed by atoms with E-state index in [9.17, 15) is 9.59 Å². The smallest absolute Gasteiger partial charge is 0.311 e. The Kier molecular flexibility index (Phi) is 7.94. The molecule has 1 amide bonds. The quantitative estimate of drug-likeness (QED) is 0.575. The highest BCUT2D eigenvalue weighted by atomic mass is 32.2. The molecule has 0 radical (unpaired) electrons. The second-order valence-electron chi connectivity index (χ2n) is 7.25. The van der Waals surface area contributed by atoms with E-state index < -0.39 is 0 Å². The number of carbonyl (C=O) groups excluding carboxylic acids is 2. The van der Waals surface area contributed by atoms with Crippen LogP contribution in [-0.2, 0) is 14.3 Å².